The molecule has 5 rings (SSSR count). The van der Waals surface area contributed by atoms with Gasteiger partial charge in [-0.1, -0.05) is 41.1 Å². The lowest BCUT2D eigenvalue weighted by Gasteiger charge is -2.23. The molecule has 0 amide bonds. The first kappa shape index (κ1) is 17.2. The van der Waals surface area contributed by atoms with E-state index in [1.165, 1.54) is 11.3 Å². The third-order valence-corrected chi connectivity index (χ3v) is 5.79. The molecule has 6 nitrogen and oxygen atoms in total. The van der Waals surface area contributed by atoms with Gasteiger partial charge in [-0.25, -0.2) is 0 Å². The Kier molecular flexibility index (Phi) is 3.89. The highest BCUT2D eigenvalue weighted by Crippen LogP contribution is 2.33. The minimum Gasteiger partial charge on any atom is -0.481 e. The average Bonchev–Trinajstić information content (AvgIpc) is 3.36. The predicted octanol–water partition coefficient (Wildman–Crippen LogP) is 5.57. The Morgan fingerprint density at radius 2 is 1.86 bits per heavy atom. The summed E-state index contributed by atoms with van der Waals surface area (Å²) in [5, 5.41) is 15.7. The molecule has 0 spiro atoms. The summed E-state index contributed by atoms with van der Waals surface area (Å²) in [6.07, 6.45) is 0. The Hall–Kier alpha value is -2.90. The molecular formula is C20H15ClN4O2S. The highest BCUT2D eigenvalue weighted by Gasteiger charge is 2.29. The number of fused-ring (bicyclic) bond motifs is 2. The van der Waals surface area contributed by atoms with Crippen LogP contribution in [0.3, 0.4) is 0 Å². The van der Waals surface area contributed by atoms with Crippen molar-refractivity contribution in [2.75, 3.05) is 0 Å². The highest BCUT2D eigenvalue weighted by atomic mass is 35.5. The van der Waals surface area contributed by atoms with Crippen molar-refractivity contribution < 1.29 is 9.15 Å². The molecule has 0 aliphatic heterocycles. The van der Waals surface area contributed by atoms with E-state index in [9.17, 15) is 0 Å². The van der Waals surface area contributed by atoms with E-state index < -0.39 is 5.60 Å². The molecule has 8 heteroatoms. The van der Waals surface area contributed by atoms with Crippen molar-refractivity contribution in [3.63, 3.8) is 0 Å². The SMILES string of the molecule is CC(C)(Oc1ccc(Cl)cc1)c1nn2c(-c3cc4ccccc4o3)nnc2s1. The van der Waals surface area contributed by atoms with E-state index in [0.29, 0.717) is 21.6 Å². The molecule has 28 heavy (non-hydrogen) atoms. The van der Waals surface area contributed by atoms with Gasteiger partial charge in [0.2, 0.25) is 10.8 Å². The van der Waals surface area contributed by atoms with Gasteiger partial charge >= 0.3 is 0 Å². The van der Waals surface area contributed by atoms with Crippen molar-refractivity contribution in [3.05, 3.63) is 64.6 Å². The number of hydrogen-bond donors (Lipinski definition) is 0. The van der Waals surface area contributed by atoms with Crippen LogP contribution in [0.5, 0.6) is 5.75 Å². The number of halogens is 1. The summed E-state index contributed by atoms with van der Waals surface area (Å²) in [5.74, 6) is 1.91. The zero-order valence-corrected chi connectivity index (χ0v) is 16.7. The monoisotopic (exact) mass is 410 g/mol. The second kappa shape index (κ2) is 6.32. The molecule has 3 heterocycles. The molecule has 0 fully saturated rings. The highest BCUT2D eigenvalue weighted by molar-refractivity contribution is 7.16. The van der Waals surface area contributed by atoms with Crippen molar-refractivity contribution in [1.29, 1.82) is 0 Å². The molecule has 0 radical (unpaired) electrons. The topological polar surface area (TPSA) is 65.5 Å². The number of ether oxygens (including phenoxy) is 1. The van der Waals surface area contributed by atoms with Gasteiger partial charge in [-0.2, -0.15) is 9.61 Å². The van der Waals surface area contributed by atoms with E-state index in [1.807, 2.05) is 56.3 Å². The lowest BCUT2D eigenvalue weighted by atomic mass is 10.1. The fourth-order valence-corrected chi connectivity index (χ4v) is 3.95. The Bertz CT molecular complexity index is 1250. The molecule has 0 aliphatic carbocycles. The third kappa shape index (κ3) is 2.93. The van der Waals surface area contributed by atoms with E-state index in [-0.39, 0.29) is 0 Å². The van der Waals surface area contributed by atoms with E-state index >= 15 is 0 Å². The molecule has 0 aliphatic rings. The van der Waals surface area contributed by atoms with Gasteiger partial charge in [-0.3, -0.25) is 0 Å². The van der Waals surface area contributed by atoms with Crippen LogP contribution >= 0.6 is 22.9 Å². The van der Waals surface area contributed by atoms with Crippen LogP contribution in [0.25, 0.3) is 27.5 Å². The van der Waals surface area contributed by atoms with Gasteiger partial charge in [-0.15, -0.1) is 10.2 Å². The van der Waals surface area contributed by atoms with E-state index in [2.05, 4.69) is 10.2 Å². The lowest BCUT2D eigenvalue weighted by Crippen LogP contribution is -2.25. The van der Waals surface area contributed by atoms with Gasteiger partial charge in [-0.05, 0) is 50.2 Å². The number of nitrogens with zero attached hydrogens (tertiary/aromatic N) is 4. The van der Waals surface area contributed by atoms with Crippen molar-refractivity contribution >= 4 is 38.9 Å². The summed E-state index contributed by atoms with van der Waals surface area (Å²) in [6.45, 7) is 3.93. The van der Waals surface area contributed by atoms with Crippen LogP contribution in [0.15, 0.2) is 59.0 Å². The van der Waals surface area contributed by atoms with Gasteiger partial charge in [0.15, 0.2) is 16.4 Å². The van der Waals surface area contributed by atoms with Crippen LogP contribution in [-0.2, 0) is 5.60 Å². The van der Waals surface area contributed by atoms with Gasteiger partial charge in [0.1, 0.15) is 11.3 Å². The maximum absolute atomic E-state index is 6.14. The maximum atomic E-state index is 6.14. The Labute approximate surface area is 169 Å². The van der Waals surface area contributed by atoms with Crippen molar-refractivity contribution in [2.45, 2.75) is 19.4 Å². The van der Waals surface area contributed by atoms with Crippen LogP contribution in [0.1, 0.15) is 18.9 Å². The van der Waals surface area contributed by atoms with E-state index in [0.717, 1.165) is 21.7 Å². The van der Waals surface area contributed by atoms with Gasteiger partial charge in [0, 0.05) is 10.4 Å². The van der Waals surface area contributed by atoms with E-state index in [4.69, 9.17) is 25.9 Å². The Morgan fingerprint density at radius 1 is 1.07 bits per heavy atom. The minimum atomic E-state index is -0.648. The smallest absolute Gasteiger partial charge is 0.235 e. The molecule has 3 aromatic heterocycles. The zero-order valence-electron chi connectivity index (χ0n) is 15.1. The van der Waals surface area contributed by atoms with Crippen molar-refractivity contribution in [3.8, 4) is 17.3 Å². The third-order valence-electron chi connectivity index (χ3n) is 4.34. The minimum absolute atomic E-state index is 0.566. The largest absolute Gasteiger partial charge is 0.481 e. The summed E-state index contributed by atoms with van der Waals surface area (Å²) >= 11 is 7.38. The van der Waals surface area contributed by atoms with Crippen molar-refractivity contribution in [2.24, 2.45) is 0 Å². The maximum Gasteiger partial charge on any atom is 0.235 e. The lowest BCUT2D eigenvalue weighted by molar-refractivity contribution is 0.107. The summed E-state index contributed by atoms with van der Waals surface area (Å²) < 4.78 is 13.8. The first-order valence-electron chi connectivity index (χ1n) is 8.66. The van der Waals surface area contributed by atoms with Crippen LogP contribution in [0.2, 0.25) is 5.02 Å². The molecule has 0 bridgehead atoms. The quantitative estimate of drug-likeness (QED) is 0.387. The summed E-state index contributed by atoms with van der Waals surface area (Å²) in [7, 11) is 0. The number of aromatic nitrogens is 4. The predicted molar refractivity (Wildman–Crippen MR) is 109 cm³/mol. The molecule has 0 saturated carbocycles. The second-order valence-corrected chi connectivity index (χ2v) is 8.23. The number of furan rings is 1. The Morgan fingerprint density at radius 3 is 2.64 bits per heavy atom. The second-order valence-electron chi connectivity index (χ2n) is 6.84. The van der Waals surface area contributed by atoms with E-state index in [1.54, 1.807) is 16.6 Å². The number of benzene rings is 2. The first-order valence-corrected chi connectivity index (χ1v) is 9.85. The summed E-state index contributed by atoms with van der Waals surface area (Å²) in [4.78, 5) is 0.679. The molecule has 140 valence electrons. The molecule has 5 aromatic rings. The molecular weight excluding hydrogens is 396 g/mol. The summed E-state index contributed by atoms with van der Waals surface area (Å²) in [6, 6.07) is 17.0. The number of rotatable bonds is 4. The van der Waals surface area contributed by atoms with Gasteiger partial charge in [0.05, 0.1) is 0 Å². The average molecular weight is 411 g/mol. The number of hydrogen-bond acceptors (Lipinski definition) is 6. The van der Waals surface area contributed by atoms with Crippen LogP contribution in [-0.4, -0.2) is 19.8 Å². The molecule has 2 aromatic carbocycles. The van der Waals surface area contributed by atoms with Crippen LogP contribution in [0.4, 0.5) is 0 Å². The fraction of sp³-hybridized carbons (Fsp3) is 0.150. The first-order chi connectivity index (χ1) is 13.5. The van der Waals surface area contributed by atoms with Crippen LogP contribution < -0.4 is 4.74 Å². The molecule has 0 N–H and O–H groups in total. The zero-order chi connectivity index (χ0) is 19.3. The molecule has 0 saturated heterocycles. The Balaban J connectivity index is 1.52. The van der Waals surface area contributed by atoms with Gasteiger partial charge in [0.25, 0.3) is 0 Å². The molecule has 0 atom stereocenters. The molecule has 0 unspecified atom stereocenters. The van der Waals surface area contributed by atoms with Gasteiger partial charge < -0.3 is 9.15 Å². The summed E-state index contributed by atoms with van der Waals surface area (Å²) in [5.41, 5.74) is 0.153. The number of para-hydroxylation sites is 1. The van der Waals surface area contributed by atoms with Crippen LogP contribution in [0, 0.1) is 0 Å². The normalized spacial score (nSPS) is 12.1. The fourth-order valence-electron chi connectivity index (χ4n) is 2.95. The van der Waals surface area contributed by atoms with Crippen molar-refractivity contribution in [1.82, 2.24) is 19.8 Å². The standard InChI is InChI=1S/C20H15ClN4O2S/c1-20(2,27-14-9-7-13(21)8-10-14)18-24-25-17(22-23-19(25)28-18)16-11-12-5-3-4-6-15(12)26-16/h3-11H,1-2H3.